The quantitative estimate of drug-likeness (QED) is 0.146. The Bertz CT molecular complexity index is 366. The van der Waals surface area contributed by atoms with Gasteiger partial charge in [0.05, 0.1) is 19.4 Å². The fraction of sp³-hybridized carbons (Fsp3) is 0.889. The summed E-state index contributed by atoms with van der Waals surface area (Å²) in [5, 5.41) is 2.92. The van der Waals surface area contributed by atoms with Crippen molar-refractivity contribution in [2.75, 3.05) is 33.1 Å². The Morgan fingerprint density at radius 3 is 2.50 bits per heavy atom. The summed E-state index contributed by atoms with van der Waals surface area (Å²) in [6.07, 6.45) is 1.11. The van der Waals surface area contributed by atoms with Crippen LogP contribution in [0.5, 0.6) is 0 Å². The highest BCUT2D eigenvalue weighted by atomic mass is 32.2. The van der Waals surface area contributed by atoms with Crippen LogP contribution in [0.3, 0.4) is 0 Å². The Morgan fingerprint density at radius 1 is 1.44 bits per heavy atom. The van der Waals surface area contributed by atoms with Crippen LogP contribution >= 0.6 is 0 Å². The number of hydrazine groups is 1. The van der Waals surface area contributed by atoms with Crippen LogP contribution in [-0.2, 0) is 14.8 Å². The van der Waals surface area contributed by atoms with Crippen molar-refractivity contribution < 1.29 is 13.2 Å². The van der Waals surface area contributed by atoms with Gasteiger partial charge in [-0.1, -0.05) is 0 Å². The van der Waals surface area contributed by atoms with Gasteiger partial charge in [0, 0.05) is 19.2 Å². The molecule has 0 aliphatic rings. The summed E-state index contributed by atoms with van der Waals surface area (Å²) in [4.78, 5) is 4.16. The highest BCUT2D eigenvalue weighted by Gasteiger charge is 2.21. The van der Waals surface area contributed by atoms with E-state index in [2.05, 4.69) is 20.5 Å². The lowest BCUT2D eigenvalue weighted by Crippen LogP contribution is -2.48. The van der Waals surface area contributed by atoms with Crippen molar-refractivity contribution in [2.24, 2.45) is 10.8 Å². The first kappa shape index (κ1) is 17.1. The van der Waals surface area contributed by atoms with E-state index in [1.54, 1.807) is 21.0 Å². The van der Waals surface area contributed by atoms with Crippen molar-refractivity contribution in [1.29, 1.82) is 0 Å². The van der Waals surface area contributed by atoms with E-state index in [4.69, 9.17) is 10.6 Å². The molecule has 0 aromatic carbocycles. The maximum absolute atomic E-state index is 11.1. The zero-order valence-corrected chi connectivity index (χ0v) is 12.1. The van der Waals surface area contributed by atoms with E-state index in [0.29, 0.717) is 19.1 Å². The second-order valence-corrected chi connectivity index (χ2v) is 6.24. The number of ether oxygens (including phenoxy) is 1. The molecule has 0 unspecified atom stereocenters. The molecule has 0 aliphatic heterocycles. The van der Waals surface area contributed by atoms with Crippen molar-refractivity contribution in [3.8, 4) is 0 Å². The average molecular weight is 281 g/mol. The molecule has 0 heterocycles. The number of guanidine groups is 1. The summed E-state index contributed by atoms with van der Waals surface area (Å²) >= 11 is 0. The van der Waals surface area contributed by atoms with Gasteiger partial charge >= 0.3 is 0 Å². The first-order valence-corrected chi connectivity index (χ1v) is 7.32. The van der Waals surface area contributed by atoms with Crippen LogP contribution in [0.2, 0.25) is 0 Å². The summed E-state index contributed by atoms with van der Waals surface area (Å²) in [6, 6.07) is 0. The third-order valence-electron chi connectivity index (χ3n) is 1.83. The Balaban J connectivity index is 4.38. The van der Waals surface area contributed by atoms with Crippen LogP contribution < -0.4 is 21.3 Å². The van der Waals surface area contributed by atoms with Crippen molar-refractivity contribution in [3.05, 3.63) is 0 Å². The topological polar surface area (TPSA) is 118 Å². The fourth-order valence-electron chi connectivity index (χ4n) is 1.23. The SMILES string of the molecule is COCCNC(=NCC(C)(C)NS(C)(=O)=O)NN. The molecule has 0 aliphatic carbocycles. The van der Waals surface area contributed by atoms with E-state index in [-0.39, 0.29) is 6.54 Å². The fourth-order valence-corrected chi connectivity index (χ4v) is 2.30. The summed E-state index contributed by atoms with van der Waals surface area (Å²) in [5.41, 5.74) is 1.72. The molecule has 0 saturated heterocycles. The molecule has 0 aromatic heterocycles. The van der Waals surface area contributed by atoms with Gasteiger partial charge in [-0.25, -0.2) is 19.0 Å². The van der Waals surface area contributed by atoms with Crippen LogP contribution in [0.25, 0.3) is 0 Å². The molecule has 0 radical (unpaired) electrons. The van der Waals surface area contributed by atoms with Crippen molar-refractivity contribution in [2.45, 2.75) is 19.4 Å². The predicted molar refractivity (Wildman–Crippen MR) is 71.6 cm³/mol. The lowest BCUT2D eigenvalue weighted by molar-refractivity contribution is 0.203. The summed E-state index contributed by atoms with van der Waals surface area (Å²) < 4.78 is 29.6. The number of rotatable bonds is 7. The molecule has 8 nitrogen and oxygen atoms in total. The Labute approximate surface area is 108 Å². The van der Waals surface area contributed by atoms with Gasteiger partial charge in [-0.15, -0.1) is 0 Å². The van der Waals surface area contributed by atoms with Crippen LogP contribution in [0, 0.1) is 0 Å². The third-order valence-corrected chi connectivity index (χ3v) is 2.75. The Hall–Kier alpha value is -0.900. The monoisotopic (exact) mass is 281 g/mol. The predicted octanol–water partition coefficient (Wildman–Crippen LogP) is -1.63. The molecule has 18 heavy (non-hydrogen) atoms. The van der Waals surface area contributed by atoms with Gasteiger partial charge in [-0.05, 0) is 13.8 Å². The van der Waals surface area contributed by atoms with Crippen LogP contribution in [0.15, 0.2) is 4.99 Å². The minimum absolute atomic E-state index is 0.250. The standard InChI is InChI=1S/C9H23N5O3S/c1-9(2,14-18(4,15)16)7-12-8(13-10)11-5-6-17-3/h14H,5-7,10H2,1-4H3,(H2,11,12,13). The number of sulfonamides is 1. The van der Waals surface area contributed by atoms with Gasteiger partial charge in [0.25, 0.3) is 0 Å². The number of hydrogen-bond donors (Lipinski definition) is 4. The largest absolute Gasteiger partial charge is 0.383 e. The number of hydrogen-bond acceptors (Lipinski definition) is 5. The van der Waals surface area contributed by atoms with Gasteiger partial charge in [-0.2, -0.15) is 0 Å². The van der Waals surface area contributed by atoms with Gasteiger partial charge in [0.15, 0.2) is 0 Å². The van der Waals surface area contributed by atoms with E-state index in [9.17, 15) is 8.42 Å². The van der Waals surface area contributed by atoms with E-state index in [1.807, 2.05) is 0 Å². The van der Waals surface area contributed by atoms with Crippen molar-refractivity contribution in [1.82, 2.24) is 15.5 Å². The first-order chi connectivity index (χ1) is 8.20. The second-order valence-electron chi connectivity index (χ2n) is 4.49. The molecule has 0 amide bonds. The molecule has 0 aromatic rings. The molecule has 9 heteroatoms. The molecule has 0 spiro atoms. The maximum atomic E-state index is 11.1. The average Bonchev–Trinajstić information content (AvgIpc) is 2.19. The van der Waals surface area contributed by atoms with Crippen molar-refractivity contribution >= 4 is 16.0 Å². The number of methoxy groups -OCH3 is 1. The second kappa shape index (κ2) is 7.52. The van der Waals surface area contributed by atoms with E-state index < -0.39 is 15.6 Å². The summed E-state index contributed by atoms with van der Waals surface area (Å²) in [7, 11) is -1.68. The summed E-state index contributed by atoms with van der Waals surface area (Å²) in [5.74, 6) is 5.67. The number of nitrogens with zero attached hydrogens (tertiary/aromatic N) is 1. The molecular formula is C9H23N5O3S. The zero-order valence-electron chi connectivity index (χ0n) is 11.3. The third kappa shape index (κ3) is 9.16. The van der Waals surface area contributed by atoms with Crippen LogP contribution in [-0.4, -0.2) is 53.0 Å². The Kier molecular flexibility index (Phi) is 7.14. The molecule has 0 atom stereocenters. The highest BCUT2D eigenvalue weighted by molar-refractivity contribution is 7.88. The van der Waals surface area contributed by atoms with Gasteiger partial charge in [0.2, 0.25) is 16.0 Å². The molecule has 108 valence electrons. The maximum Gasteiger partial charge on any atom is 0.209 e. The van der Waals surface area contributed by atoms with Crippen LogP contribution in [0.4, 0.5) is 0 Å². The molecule has 0 bridgehead atoms. The normalized spacial score (nSPS) is 13.5. The zero-order chi connectivity index (χ0) is 14.2. The lowest BCUT2D eigenvalue weighted by atomic mass is 10.1. The number of nitrogens with one attached hydrogen (secondary N) is 3. The minimum atomic E-state index is -3.27. The van der Waals surface area contributed by atoms with Gasteiger partial charge in [-0.3, -0.25) is 10.4 Å². The minimum Gasteiger partial charge on any atom is -0.383 e. The van der Waals surface area contributed by atoms with E-state index >= 15 is 0 Å². The lowest BCUT2D eigenvalue weighted by Gasteiger charge is -2.23. The summed E-state index contributed by atoms with van der Waals surface area (Å²) in [6.45, 7) is 4.80. The molecule has 0 saturated carbocycles. The Morgan fingerprint density at radius 2 is 2.06 bits per heavy atom. The molecule has 0 rings (SSSR count). The molecular weight excluding hydrogens is 258 g/mol. The highest BCUT2D eigenvalue weighted by Crippen LogP contribution is 2.04. The van der Waals surface area contributed by atoms with Crippen LogP contribution in [0.1, 0.15) is 13.8 Å². The smallest absolute Gasteiger partial charge is 0.209 e. The van der Waals surface area contributed by atoms with Gasteiger partial charge in [0.1, 0.15) is 0 Å². The molecule has 5 N–H and O–H groups in total. The van der Waals surface area contributed by atoms with Gasteiger partial charge < -0.3 is 10.1 Å². The molecule has 0 fully saturated rings. The number of aliphatic imine (C=N–C) groups is 1. The van der Waals surface area contributed by atoms with E-state index in [1.165, 1.54) is 0 Å². The van der Waals surface area contributed by atoms with E-state index in [0.717, 1.165) is 6.26 Å². The van der Waals surface area contributed by atoms with Crippen molar-refractivity contribution in [3.63, 3.8) is 0 Å². The first-order valence-electron chi connectivity index (χ1n) is 5.43. The number of nitrogens with two attached hydrogens (primary N) is 1.